The number of hydrogen-bond donors (Lipinski definition) is 0. The van der Waals surface area contributed by atoms with Gasteiger partial charge in [-0.1, -0.05) is 6.07 Å². The normalized spacial score (nSPS) is 14.7. The van der Waals surface area contributed by atoms with Crippen LogP contribution in [0.3, 0.4) is 0 Å². The average Bonchev–Trinajstić information content (AvgIpc) is 3.23. The summed E-state index contributed by atoms with van der Waals surface area (Å²) < 4.78 is 46.8. The fraction of sp³-hybridized carbons (Fsp3) is 0.182. The zero-order valence-electron chi connectivity index (χ0n) is 16.0. The van der Waals surface area contributed by atoms with Crippen molar-refractivity contribution in [2.45, 2.75) is 13.1 Å². The van der Waals surface area contributed by atoms with Crippen LogP contribution < -0.4 is 4.90 Å². The summed E-state index contributed by atoms with van der Waals surface area (Å²) in [4.78, 5) is 1.71. The lowest BCUT2D eigenvalue weighted by Crippen LogP contribution is -2.31. The molecule has 5 nitrogen and oxygen atoms in total. The first kappa shape index (κ1) is 19.7. The monoisotopic (exact) mass is 410 g/mol. The van der Waals surface area contributed by atoms with Crippen LogP contribution >= 0.6 is 0 Å². The van der Waals surface area contributed by atoms with Crippen LogP contribution in [-0.4, -0.2) is 23.1 Å². The summed E-state index contributed by atoms with van der Waals surface area (Å²) in [6.45, 7) is 2.32. The molecule has 0 unspecified atom stereocenters. The standard InChI is InChI=1S/C22H17F3N4O/c1-15-20(21-9-10-27-29(21)18-7-5-16(12-26)6-8-18)13-30-14-28(15)19-4-2-3-17(11-19)22(23,24)25/h2-11H,13-14H2,1H3. The number of allylic oxidation sites excluding steroid dienone is 1. The minimum atomic E-state index is -4.42. The lowest BCUT2D eigenvalue weighted by Gasteiger charge is -2.32. The highest BCUT2D eigenvalue weighted by Crippen LogP contribution is 2.35. The predicted octanol–water partition coefficient (Wildman–Crippen LogP) is 4.99. The Bertz CT molecular complexity index is 1140. The summed E-state index contributed by atoms with van der Waals surface area (Å²) in [5.74, 6) is 0. The fourth-order valence-electron chi connectivity index (χ4n) is 3.40. The number of ether oxygens (including phenoxy) is 1. The predicted molar refractivity (Wildman–Crippen MR) is 106 cm³/mol. The molecule has 1 aliphatic rings. The molecule has 2 aromatic carbocycles. The first-order valence-corrected chi connectivity index (χ1v) is 9.16. The molecule has 0 saturated heterocycles. The molecule has 0 fully saturated rings. The number of halogens is 3. The van der Waals surface area contributed by atoms with Gasteiger partial charge in [0.05, 0.1) is 41.4 Å². The number of alkyl halides is 3. The van der Waals surface area contributed by atoms with Crippen LogP contribution in [0.1, 0.15) is 23.7 Å². The van der Waals surface area contributed by atoms with Gasteiger partial charge in [-0.3, -0.25) is 0 Å². The number of rotatable bonds is 3. The van der Waals surface area contributed by atoms with Crippen molar-refractivity contribution in [1.29, 1.82) is 5.26 Å². The summed E-state index contributed by atoms with van der Waals surface area (Å²) >= 11 is 0. The number of aromatic nitrogens is 2. The molecular formula is C22H17F3N4O. The average molecular weight is 410 g/mol. The third-order valence-electron chi connectivity index (χ3n) is 4.99. The smallest absolute Gasteiger partial charge is 0.356 e. The Hall–Kier alpha value is -3.57. The second-order valence-electron chi connectivity index (χ2n) is 6.80. The van der Waals surface area contributed by atoms with Gasteiger partial charge in [-0.05, 0) is 55.5 Å². The number of nitriles is 1. The second kappa shape index (κ2) is 7.69. The molecule has 0 spiro atoms. The molecule has 0 N–H and O–H groups in total. The third-order valence-corrected chi connectivity index (χ3v) is 4.99. The topological polar surface area (TPSA) is 54.1 Å². The summed E-state index contributed by atoms with van der Waals surface area (Å²) in [5, 5.41) is 13.4. The van der Waals surface area contributed by atoms with Crippen LogP contribution in [0.25, 0.3) is 11.3 Å². The van der Waals surface area contributed by atoms with Gasteiger partial charge in [0.2, 0.25) is 0 Å². The van der Waals surface area contributed by atoms with Crippen LogP contribution in [0.15, 0.2) is 66.5 Å². The van der Waals surface area contributed by atoms with E-state index >= 15 is 0 Å². The van der Waals surface area contributed by atoms with Gasteiger partial charge in [0.1, 0.15) is 6.73 Å². The molecule has 1 aromatic heterocycles. The fourth-order valence-corrected chi connectivity index (χ4v) is 3.40. The maximum atomic E-state index is 13.1. The highest BCUT2D eigenvalue weighted by atomic mass is 19.4. The Morgan fingerprint density at radius 1 is 1.07 bits per heavy atom. The van der Waals surface area contributed by atoms with Crippen molar-refractivity contribution < 1.29 is 17.9 Å². The molecule has 152 valence electrons. The molecule has 0 atom stereocenters. The van der Waals surface area contributed by atoms with Crippen molar-refractivity contribution in [2.24, 2.45) is 0 Å². The van der Waals surface area contributed by atoms with Crippen molar-refractivity contribution in [3.05, 3.63) is 83.3 Å². The van der Waals surface area contributed by atoms with E-state index in [4.69, 9.17) is 10.00 Å². The van der Waals surface area contributed by atoms with E-state index in [0.717, 1.165) is 34.8 Å². The molecule has 0 saturated carbocycles. The molecule has 8 heteroatoms. The maximum Gasteiger partial charge on any atom is 0.416 e. The van der Waals surface area contributed by atoms with Gasteiger partial charge in [0.25, 0.3) is 0 Å². The molecule has 3 aromatic rings. The minimum Gasteiger partial charge on any atom is -0.356 e. The van der Waals surface area contributed by atoms with Gasteiger partial charge >= 0.3 is 6.18 Å². The van der Waals surface area contributed by atoms with Crippen LogP contribution in [0.2, 0.25) is 0 Å². The van der Waals surface area contributed by atoms with Crippen molar-refractivity contribution in [1.82, 2.24) is 9.78 Å². The second-order valence-corrected chi connectivity index (χ2v) is 6.80. The van der Waals surface area contributed by atoms with Crippen LogP contribution in [0, 0.1) is 11.3 Å². The van der Waals surface area contributed by atoms with Crippen molar-refractivity contribution in [2.75, 3.05) is 18.2 Å². The highest BCUT2D eigenvalue weighted by Gasteiger charge is 2.31. The summed E-state index contributed by atoms with van der Waals surface area (Å²) in [5.41, 5.74) is 3.39. The van der Waals surface area contributed by atoms with Gasteiger partial charge in [-0.2, -0.15) is 23.5 Å². The SMILES string of the molecule is CC1=C(c2ccnn2-c2ccc(C#N)cc2)COCN1c1cccc(C(F)(F)F)c1. The first-order valence-electron chi connectivity index (χ1n) is 9.16. The van der Waals surface area contributed by atoms with Gasteiger partial charge in [-0.25, -0.2) is 4.68 Å². The lowest BCUT2D eigenvalue weighted by molar-refractivity contribution is -0.137. The van der Waals surface area contributed by atoms with E-state index in [0.29, 0.717) is 17.9 Å². The zero-order valence-corrected chi connectivity index (χ0v) is 16.0. The molecule has 30 heavy (non-hydrogen) atoms. The van der Waals surface area contributed by atoms with Crippen LogP contribution in [-0.2, 0) is 10.9 Å². The summed E-state index contributed by atoms with van der Waals surface area (Å²) in [7, 11) is 0. The largest absolute Gasteiger partial charge is 0.416 e. The molecule has 0 aliphatic carbocycles. The van der Waals surface area contributed by atoms with Gasteiger partial charge in [-0.15, -0.1) is 0 Å². The molecule has 2 heterocycles. The first-order chi connectivity index (χ1) is 14.4. The number of anilines is 1. The van der Waals surface area contributed by atoms with Crippen molar-refractivity contribution >= 4 is 11.3 Å². The summed E-state index contributed by atoms with van der Waals surface area (Å²) in [6, 6.07) is 16.1. The Kier molecular flexibility index (Phi) is 5.06. The third kappa shape index (κ3) is 3.67. The van der Waals surface area contributed by atoms with Crippen molar-refractivity contribution in [3.8, 4) is 11.8 Å². The van der Waals surface area contributed by atoms with Gasteiger partial charge in [0, 0.05) is 17.0 Å². The Morgan fingerprint density at radius 3 is 2.53 bits per heavy atom. The van der Waals surface area contributed by atoms with E-state index in [-0.39, 0.29) is 6.73 Å². The Labute approximate surface area is 171 Å². The lowest BCUT2D eigenvalue weighted by atomic mass is 10.1. The number of hydrogen-bond acceptors (Lipinski definition) is 4. The minimum absolute atomic E-state index is 0.154. The summed E-state index contributed by atoms with van der Waals surface area (Å²) in [6.07, 6.45) is -2.77. The number of benzene rings is 2. The molecular weight excluding hydrogens is 393 g/mol. The van der Waals surface area contributed by atoms with E-state index < -0.39 is 11.7 Å². The van der Waals surface area contributed by atoms with E-state index in [1.54, 1.807) is 46.1 Å². The highest BCUT2D eigenvalue weighted by molar-refractivity contribution is 5.73. The quantitative estimate of drug-likeness (QED) is 0.611. The van der Waals surface area contributed by atoms with Crippen LogP contribution in [0.4, 0.5) is 18.9 Å². The maximum absolute atomic E-state index is 13.1. The molecule has 0 radical (unpaired) electrons. The molecule has 0 amide bonds. The van der Waals surface area contributed by atoms with E-state index in [1.807, 2.05) is 13.0 Å². The molecule has 4 rings (SSSR count). The van der Waals surface area contributed by atoms with Crippen LogP contribution in [0.5, 0.6) is 0 Å². The zero-order chi connectivity index (χ0) is 21.3. The Balaban J connectivity index is 1.74. The number of nitrogens with zero attached hydrogens (tertiary/aromatic N) is 4. The van der Waals surface area contributed by atoms with E-state index in [1.165, 1.54) is 6.07 Å². The van der Waals surface area contributed by atoms with Gasteiger partial charge in [0.15, 0.2) is 0 Å². The van der Waals surface area contributed by atoms with Gasteiger partial charge < -0.3 is 9.64 Å². The molecule has 1 aliphatic heterocycles. The molecule has 0 bridgehead atoms. The van der Waals surface area contributed by atoms with E-state index in [9.17, 15) is 13.2 Å². The van der Waals surface area contributed by atoms with E-state index in [2.05, 4.69) is 11.2 Å². The Morgan fingerprint density at radius 2 is 1.83 bits per heavy atom. The van der Waals surface area contributed by atoms with Crippen molar-refractivity contribution in [3.63, 3.8) is 0 Å².